The third-order valence-electron chi connectivity index (χ3n) is 3.87. The first-order valence-electron chi connectivity index (χ1n) is 6.83. The smallest absolute Gasteiger partial charge is 0.274 e. The Bertz CT molecular complexity index is 976. The highest BCUT2D eigenvalue weighted by molar-refractivity contribution is 9.10. The monoisotopic (exact) mass is 351 g/mol. The predicted molar refractivity (Wildman–Crippen MR) is 89.8 cm³/mol. The van der Waals surface area contributed by atoms with E-state index in [0.29, 0.717) is 16.8 Å². The number of hydrogen-bond donors (Lipinski definition) is 0. The number of Topliss-reactive ketones (excluding diaryl/α,β-unsaturated/α-hetero) is 1. The third kappa shape index (κ3) is 1.81. The van der Waals surface area contributed by atoms with Crippen LogP contribution in [0.2, 0.25) is 0 Å². The number of hydrogen-bond acceptors (Lipinski definition) is 2. The summed E-state index contributed by atoms with van der Waals surface area (Å²) >= 11 is 3.41. The summed E-state index contributed by atoms with van der Waals surface area (Å²) in [5.74, 6) is -0.234. The molecule has 0 spiro atoms. The van der Waals surface area contributed by atoms with Gasteiger partial charge < -0.3 is 5.21 Å². The van der Waals surface area contributed by atoms with Crippen LogP contribution < -0.4 is 0 Å². The quantitative estimate of drug-likeness (QED) is 0.480. The van der Waals surface area contributed by atoms with Crippen molar-refractivity contribution in [2.45, 2.75) is 0 Å². The molecule has 0 N–H and O–H groups in total. The van der Waals surface area contributed by atoms with E-state index in [9.17, 15) is 10.0 Å². The summed E-state index contributed by atoms with van der Waals surface area (Å²) in [4.78, 5) is 12.7. The molecular weight excluding hydrogens is 342 g/mol. The second-order valence-corrected chi connectivity index (χ2v) is 6.02. The number of halogens is 1. The Morgan fingerprint density at radius 1 is 0.864 bits per heavy atom. The van der Waals surface area contributed by atoms with Crippen LogP contribution in [0.15, 0.2) is 65.1 Å². The summed E-state index contributed by atoms with van der Waals surface area (Å²) in [6, 6.07) is 18.5. The van der Waals surface area contributed by atoms with Gasteiger partial charge in [0.15, 0.2) is 0 Å². The van der Waals surface area contributed by atoms with Crippen LogP contribution in [0, 0.1) is 5.21 Å². The maximum Gasteiger partial charge on any atom is 0.274 e. The number of carbonyl (C=O) groups is 1. The predicted octanol–water partition coefficient (Wildman–Crippen LogP) is 4.43. The van der Waals surface area contributed by atoms with Crippen molar-refractivity contribution in [2.24, 2.45) is 0 Å². The zero-order valence-corrected chi connectivity index (χ0v) is 13.0. The number of nitrogens with zero attached hydrogens (tertiary/aromatic N) is 1. The van der Waals surface area contributed by atoms with E-state index in [2.05, 4.69) is 15.9 Å². The molecular formula is C18H10BrNO2. The van der Waals surface area contributed by atoms with Crippen LogP contribution in [0.4, 0.5) is 5.69 Å². The molecule has 0 amide bonds. The first kappa shape index (κ1) is 13.2. The van der Waals surface area contributed by atoms with Crippen LogP contribution >= 0.6 is 15.9 Å². The van der Waals surface area contributed by atoms with Crippen molar-refractivity contribution < 1.29 is 9.53 Å². The van der Waals surface area contributed by atoms with Crippen molar-refractivity contribution in [3.63, 3.8) is 0 Å². The van der Waals surface area contributed by atoms with Gasteiger partial charge in [-0.15, -0.1) is 0 Å². The van der Waals surface area contributed by atoms with Gasteiger partial charge >= 0.3 is 0 Å². The molecule has 3 aromatic rings. The summed E-state index contributed by atoms with van der Waals surface area (Å²) in [5.41, 5.74) is 1.65. The second-order valence-electron chi connectivity index (χ2n) is 5.17. The van der Waals surface area contributed by atoms with E-state index in [4.69, 9.17) is 0 Å². The van der Waals surface area contributed by atoms with E-state index in [1.807, 2.05) is 42.5 Å². The Labute approximate surface area is 135 Å². The minimum absolute atomic E-state index is 0.165. The van der Waals surface area contributed by atoms with E-state index in [1.54, 1.807) is 18.2 Å². The molecule has 0 bridgehead atoms. The normalized spacial score (nSPS) is 13.8. The van der Waals surface area contributed by atoms with Gasteiger partial charge in [-0.2, -0.15) is 4.74 Å². The Hall–Kier alpha value is -2.46. The Kier molecular flexibility index (Phi) is 2.87. The molecule has 1 aliphatic heterocycles. The van der Waals surface area contributed by atoms with Crippen molar-refractivity contribution in [3.05, 3.63) is 81.5 Å². The molecule has 3 aromatic carbocycles. The lowest BCUT2D eigenvalue weighted by atomic mass is 10.00. The molecule has 106 valence electrons. The van der Waals surface area contributed by atoms with Gasteiger partial charge in [-0.25, -0.2) is 0 Å². The summed E-state index contributed by atoms with van der Waals surface area (Å²) < 4.78 is 1.47. The third-order valence-corrected chi connectivity index (χ3v) is 4.57. The molecule has 0 aliphatic carbocycles. The molecule has 0 saturated heterocycles. The maximum absolute atomic E-state index is 12.7. The number of ketones is 1. The molecule has 0 fully saturated rings. The Balaban J connectivity index is 1.99. The van der Waals surface area contributed by atoms with Gasteiger partial charge in [-0.05, 0) is 44.9 Å². The molecule has 0 radical (unpaired) electrons. The summed E-state index contributed by atoms with van der Waals surface area (Å²) in [6.45, 7) is 0. The number of benzene rings is 3. The van der Waals surface area contributed by atoms with Crippen molar-refractivity contribution in [3.8, 4) is 0 Å². The summed E-state index contributed by atoms with van der Waals surface area (Å²) in [7, 11) is 0. The van der Waals surface area contributed by atoms with Gasteiger partial charge in [0.2, 0.25) is 5.69 Å². The van der Waals surface area contributed by atoms with Gasteiger partial charge in [-0.1, -0.05) is 36.4 Å². The van der Waals surface area contributed by atoms with E-state index >= 15 is 0 Å². The van der Waals surface area contributed by atoms with Crippen molar-refractivity contribution in [2.75, 3.05) is 0 Å². The van der Waals surface area contributed by atoms with Crippen molar-refractivity contribution >= 4 is 43.9 Å². The standard InChI is InChI=1S/C18H10BrNO2/c19-15-8-4-3-7-13(15)17-18(21)14-9-11-5-1-2-6-12(11)10-16(14)20(17)22/h1-10H. The first-order chi connectivity index (χ1) is 10.7. The Morgan fingerprint density at radius 3 is 2.23 bits per heavy atom. The summed E-state index contributed by atoms with van der Waals surface area (Å²) in [5, 5.41) is 14.5. The van der Waals surface area contributed by atoms with E-state index in [-0.39, 0.29) is 11.5 Å². The fourth-order valence-electron chi connectivity index (χ4n) is 2.80. The molecule has 0 saturated carbocycles. The molecule has 0 atom stereocenters. The van der Waals surface area contributed by atoms with Crippen LogP contribution in [0.1, 0.15) is 15.9 Å². The highest BCUT2D eigenvalue weighted by atomic mass is 79.9. The average molecular weight is 352 g/mol. The lowest BCUT2D eigenvalue weighted by Gasteiger charge is -2.04. The zero-order chi connectivity index (χ0) is 15.3. The van der Waals surface area contributed by atoms with Crippen LogP contribution in [0.25, 0.3) is 10.8 Å². The lowest BCUT2D eigenvalue weighted by molar-refractivity contribution is -0.355. The van der Waals surface area contributed by atoms with Crippen LogP contribution in [-0.2, 0) is 0 Å². The van der Waals surface area contributed by atoms with E-state index < -0.39 is 0 Å². The molecule has 1 aliphatic rings. The average Bonchev–Trinajstić information content (AvgIpc) is 2.77. The van der Waals surface area contributed by atoms with Crippen LogP contribution in [-0.4, -0.2) is 16.2 Å². The van der Waals surface area contributed by atoms with Crippen LogP contribution in [0.5, 0.6) is 0 Å². The summed E-state index contributed by atoms with van der Waals surface area (Å²) in [6.07, 6.45) is 0. The van der Waals surface area contributed by atoms with Gasteiger partial charge in [0, 0.05) is 10.5 Å². The topological polar surface area (TPSA) is 43.1 Å². The molecule has 1 heterocycles. The lowest BCUT2D eigenvalue weighted by Crippen LogP contribution is -2.17. The highest BCUT2D eigenvalue weighted by Gasteiger charge is 2.37. The maximum atomic E-state index is 12.7. The Morgan fingerprint density at radius 2 is 1.50 bits per heavy atom. The van der Waals surface area contributed by atoms with Crippen LogP contribution in [0.3, 0.4) is 0 Å². The number of carbonyl (C=O) groups excluding carboxylic acids is 1. The zero-order valence-electron chi connectivity index (χ0n) is 11.4. The SMILES string of the molecule is O=C1C(c2ccccc2Br)=[N+]([O-])c2cc3ccccc3cc21. The molecule has 3 nitrogen and oxygen atoms in total. The van der Waals surface area contributed by atoms with Gasteiger partial charge in [0.25, 0.3) is 11.5 Å². The van der Waals surface area contributed by atoms with Crippen molar-refractivity contribution in [1.29, 1.82) is 0 Å². The minimum atomic E-state index is -0.234. The van der Waals surface area contributed by atoms with Gasteiger partial charge in [0.05, 0.1) is 5.56 Å². The molecule has 4 rings (SSSR count). The molecule has 22 heavy (non-hydrogen) atoms. The molecule has 4 heteroatoms. The number of rotatable bonds is 1. The fourth-order valence-corrected chi connectivity index (χ4v) is 3.28. The second kappa shape index (κ2) is 4.78. The van der Waals surface area contributed by atoms with Crippen molar-refractivity contribution in [1.82, 2.24) is 0 Å². The highest BCUT2D eigenvalue weighted by Crippen LogP contribution is 2.33. The van der Waals surface area contributed by atoms with Gasteiger partial charge in [0.1, 0.15) is 5.56 Å². The minimum Gasteiger partial charge on any atom is -0.618 e. The van der Waals surface area contributed by atoms with E-state index in [0.717, 1.165) is 20.0 Å². The molecule has 0 aromatic heterocycles. The van der Waals surface area contributed by atoms with Gasteiger partial charge in [-0.3, -0.25) is 4.79 Å². The fraction of sp³-hybridized carbons (Fsp3) is 0. The number of fused-ring (bicyclic) bond motifs is 2. The van der Waals surface area contributed by atoms with E-state index in [1.165, 1.54) is 0 Å². The first-order valence-corrected chi connectivity index (χ1v) is 7.63. The largest absolute Gasteiger partial charge is 0.618 e. The molecule has 0 unspecified atom stereocenters.